The Morgan fingerprint density at radius 2 is 2.17 bits per heavy atom. The van der Waals surface area contributed by atoms with Gasteiger partial charge in [-0.25, -0.2) is 4.39 Å². The molecule has 0 radical (unpaired) electrons. The van der Waals surface area contributed by atoms with Gasteiger partial charge in [0.25, 0.3) is 0 Å². The Hall–Kier alpha value is -0.930. The lowest BCUT2D eigenvalue weighted by Gasteiger charge is -2.40. The highest BCUT2D eigenvalue weighted by molar-refractivity contribution is 5.17. The molecule has 1 atom stereocenters. The van der Waals surface area contributed by atoms with Gasteiger partial charge >= 0.3 is 0 Å². The highest BCUT2D eigenvalue weighted by atomic mass is 19.1. The van der Waals surface area contributed by atoms with Gasteiger partial charge in [-0.2, -0.15) is 0 Å². The first-order valence-corrected chi connectivity index (χ1v) is 6.94. The molecule has 0 amide bonds. The molecule has 98 valence electrons. The summed E-state index contributed by atoms with van der Waals surface area (Å²) >= 11 is 0. The number of rotatable bonds is 2. The molecule has 1 aromatic carbocycles. The van der Waals surface area contributed by atoms with Crippen LogP contribution in [0.15, 0.2) is 24.3 Å². The summed E-state index contributed by atoms with van der Waals surface area (Å²) < 4.78 is 13.7. The van der Waals surface area contributed by atoms with Gasteiger partial charge in [-0.1, -0.05) is 18.2 Å². The van der Waals surface area contributed by atoms with Crippen LogP contribution in [-0.2, 0) is 6.54 Å². The maximum Gasteiger partial charge on any atom is 0.127 e. The van der Waals surface area contributed by atoms with E-state index in [0.717, 1.165) is 38.3 Å². The van der Waals surface area contributed by atoms with Gasteiger partial charge in [0.2, 0.25) is 0 Å². The van der Waals surface area contributed by atoms with Crippen molar-refractivity contribution in [2.75, 3.05) is 26.2 Å². The van der Waals surface area contributed by atoms with Gasteiger partial charge < -0.3 is 5.32 Å². The van der Waals surface area contributed by atoms with Crippen LogP contribution in [0.4, 0.5) is 4.39 Å². The topological polar surface area (TPSA) is 15.3 Å². The van der Waals surface area contributed by atoms with Crippen molar-refractivity contribution in [1.29, 1.82) is 0 Å². The average Bonchev–Trinajstić information content (AvgIpc) is 2.80. The Morgan fingerprint density at radius 3 is 2.94 bits per heavy atom. The van der Waals surface area contributed by atoms with E-state index in [-0.39, 0.29) is 5.82 Å². The highest BCUT2D eigenvalue weighted by Gasteiger charge is 2.37. The number of benzene rings is 1. The summed E-state index contributed by atoms with van der Waals surface area (Å²) in [5, 5.41) is 3.48. The Labute approximate surface area is 108 Å². The summed E-state index contributed by atoms with van der Waals surface area (Å²) in [7, 11) is 0. The van der Waals surface area contributed by atoms with Crippen molar-refractivity contribution in [3.05, 3.63) is 35.6 Å². The third kappa shape index (κ3) is 2.43. The predicted octanol–water partition coefficient (Wildman–Crippen LogP) is 2.40. The summed E-state index contributed by atoms with van der Waals surface area (Å²) in [5.74, 6) is -0.0679. The number of hydrogen-bond acceptors (Lipinski definition) is 2. The lowest BCUT2D eigenvalue weighted by atomic mass is 9.79. The van der Waals surface area contributed by atoms with Gasteiger partial charge in [-0.05, 0) is 43.8 Å². The molecule has 2 nitrogen and oxygen atoms in total. The van der Waals surface area contributed by atoms with E-state index in [1.165, 1.54) is 19.3 Å². The molecule has 0 bridgehead atoms. The minimum absolute atomic E-state index is 0.0679. The van der Waals surface area contributed by atoms with E-state index < -0.39 is 0 Å². The Morgan fingerprint density at radius 1 is 1.28 bits per heavy atom. The fraction of sp³-hybridized carbons (Fsp3) is 0.600. The molecule has 3 heteroatoms. The van der Waals surface area contributed by atoms with Crippen molar-refractivity contribution >= 4 is 0 Å². The van der Waals surface area contributed by atoms with Crippen LogP contribution in [0.5, 0.6) is 0 Å². The molecule has 0 aliphatic carbocycles. The molecule has 1 aromatic rings. The smallest absolute Gasteiger partial charge is 0.127 e. The van der Waals surface area contributed by atoms with E-state index in [0.29, 0.717) is 5.41 Å². The number of nitrogens with zero attached hydrogens (tertiary/aromatic N) is 1. The lowest BCUT2D eigenvalue weighted by Crippen LogP contribution is -2.44. The van der Waals surface area contributed by atoms with Gasteiger partial charge in [0.05, 0.1) is 0 Å². The Kier molecular flexibility index (Phi) is 3.35. The number of piperidine rings is 1. The van der Waals surface area contributed by atoms with Crippen molar-refractivity contribution < 1.29 is 4.39 Å². The normalized spacial score (nSPS) is 28.9. The standard InChI is InChI=1S/C15H21FN2/c16-14-5-2-1-4-13(14)10-18-9-3-6-15(12-18)7-8-17-11-15/h1-2,4-5,17H,3,6-12H2/t15-/m0/s1. The van der Waals surface area contributed by atoms with Crippen LogP contribution in [0.2, 0.25) is 0 Å². The lowest BCUT2D eigenvalue weighted by molar-refractivity contribution is 0.0969. The van der Waals surface area contributed by atoms with Crippen LogP contribution in [0.1, 0.15) is 24.8 Å². The first-order chi connectivity index (χ1) is 8.77. The zero-order chi connectivity index (χ0) is 12.4. The van der Waals surface area contributed by atoms with Crippen molar-refractivity contribution in [2.45, 2.75) is 25.8 Å². The zero-order valence-electron chi connectivity index (χ0n) is 10.8. The fourth-order valence-corrected chi connectivity index (χ4v) is 3.46. The molecule has 3 rings (SSSR count). The molecule has 0 saturated carbocycles. The summed E-state index contributed by atoms with van der Waals surface area (Å²) in [4.78, 5) is 2.43. The maximum atomic E-state index is 13.7. The third-order valence-corrected chi connectivity index (χ3v) is 4.42. The monoisotopic (exact) mass is 248 g/mol. The summed E-state index contributed by atoms with van der Waals surface area (Å²) in [6.07, 6.45) is 3.85. The van der Waals surface area contributed by atoms with Gasteiger partial charge in [0.1, 0.15) is 5.82 Å². The molecule has 0 unspecified atom stereocenters. The number of nitrogens with one attached hydrogen (secondary N) is 1. The highest BCUT2D eigenvalue weighted by Crippen LogP contribution is 2.35. The molecule has 18 heavy (non-hydrogen) atoms. The first-order valence-electron chi connectivity index (χ1n) is 6.94. The molecule has 0 aromatic heterocycles. The molecule has 2 saturated heterocycles. The number of hydrogen-bond donors (Lipinski definition) is 1. The molecule has 2 aliphatic rings. The SMILES string of the molecule is Fc1ccccc1CN1CCC[C@@]2(CCNC2)C1. The van der Waals surface area contributed by atoms with E-state index in [9.17, 15) is 4.39 Å². The van der Waals surface area contributed by atoms with Crippen molar-refractivity contribution in [3.63, 3.8) is 0 Å². The fourth-order valence-electron chi connectivity index (χ4n) is 3.46. The van der Waals surface area contributed by atoms with Gasteiger partial charge in [0, 0.05) is 25.2 Å². The van der Waals surface area contributed by atoms with E-state index in [1.54, 1.807) is 12.1 Å². The second kappa shape index (κ2) is 4.98. The average molecular weight is 248 g/mol. The van der Waals surface area contributed by atoms with E-state index in [1.807, 2.05) is 12.1 Å². The molecule has 2 aliphatic heterocycles. The van der Waals surface area contributed by atoms with Crippen LogP contribution >= 0.6 is 0 Å². The van der Waals surface area contributed by atoms with Crippen LogP contribution in [0.3, 0.4) is 0 Å². The second-order valence-corrected chi connectivity index (χ2v) is 5.83. The molecular weight excluding hydrogens is 227 g/mol. The molecule has 2 heterocycles. The van der Waals surface area contributed by atoms with Crippen molar-refractivity contribution in [1.82, 2.24) is 10.2 Å². The van der Waals surface area contributed by atoms with Crippen molar-refractivity contribution in [3.8, 4) is 0 Å². The molecule has 1 N–H and O–H groups in total. The van der Waals surface area contributed by atoms with Crippen molar-refractivity contribution in [2.24, 2.45) is 5.41 Å². The van der Waals surface area contributed by atoms with E-state index >= 15 is 0 Å². The minimum Gasteiger partial charge on any atom is -0.316 e. The second-order valence-electron chi connectivity index (χ2n) is 5.83. The zero-order valence-corrected chi connectivity index (χ0v) is 10.8. The third-order valence-electron chi connectivity index (χ3n) is 4.42. The van der Waals surface area contributed by atoms with Gasteiger partial charge in [0.15, 0.2) is 0 Å². The summed E-state index contributed by atoms with van der Waals surface area (Å²) in [6, 6.07) is 7.16. The van der Waals surface area contributed by atoms with Crippen LogP contribution in [0.25, 0.3) is 0 Å². The van der Waals surface area contributed by atoms with Gasteiger partial charge in [-0.15, -0.1) is 0 Å². The quantitative estimate of drug-likeness (QED) is 0.864. The Balaban J connectivity index is 1.68. The largest absolute Gasteiger partial charge is 0.316 e. The summed E-state index contributed by atoms with van der Waals surface area (Å²) in [5.41, 5.74) is 1.30. The van der Waals surface area contributed by atoms with Crippen LogP contribution in [0, 0.1) is 11.2 Å². The Bertz CT molecular complexity index is 413. The number of halogens is 1. The predicted molar refractivity (Wildman–Crippen MR) is 70.8 cm³/mol. The maximum absolute atomic E-state index is 13.7. The number of likely N-dealkylation sites (tertiary alicyclic amines) is 1. The van der Waals surface area contributed by atoms with Crippen LogP contribution < -0.4 is 5.32 Å². The molecular formula is C15H21FN2. The minimum atomic E-state index is -0.0679. The molecule has 2 fully saturated rings. The van der Waals surface area contributed by atoms with E-state index in [4.69, 9.17) is 0 Å². The van der Waals surface area contributed by atoms with Gasteiger partial charge in [-0.3, -0.25) is 4.90 Å². The van der Waals surface area contributed by atoms with Crippen LogP contribution in [-0.4, -0.2) is 31.1 Å². The summed E-state index contributed by atoms with van der Waals surface area (Å²) in [6.45, 7) is 5.27. The first kappa shape index (κ1) is 12.1. The van der Waals surface area contributed by atoms with E-state index in [2.05, 4.69) is 10.2 Å². The molecule has 1 spiro atoms.